The third-order valence-electron chi connectivity index (χ3n) is 2.74. The largest absolute Gasteiger partial charge is 0.484 e. The Morgan fingerprint density at radius 2 is 2.09 bits per heavy atom. The lowest BCUT2D eigenvalue weighted by Gasteiger charge is -2.04. The minimum absolute atomic E-state index is 0.112. The van der Waals surface area contributed by atoms with Crippen molar-refractivity contribution in [3.05, 3.63) is 29.8 Å². The van der Waals surface area contributed by atoms with Crippen LogP contribution < -0.4 is 21.2 Å². The van der Waals surface area contributed by atoms with Gasteiger partial charge in [0.05, 0.1) is 6.21 Å². The zero-order valence-electron chi connectivity index (χ0n) is 11.7. The summed E-state index contributed by atoms with van der Waals surface area (Å²) in [6, 6.07) is 6.79. The summed E-state index contributed by atoms with van der Waals surface area (Å²) >= 11 is 0. The van der Waals surface area contributed by atoms with Crippen molar-refractivity contribution < 1.29 is 19.1 Å². The number of carbonyl (C=O) groups is 3. The number of nitrogens with zero attached hydrogens (tertiary/aromatic N) is 1. The first kappa shape index (κ1) is 15.5. The van der Waals surface area contributed by atoms with Crippen molar-refractivity contribution in [1.29, 1.82) is 0 Å². The van der Waals surface area contributed by atoms with Crippen LogP contribution in [0.1, 0.15) is 18.4 Å². The molecule has 0 bridgehead atoms. The van der Waals surface area contributed by atoms with Crippen molar-refractivity contribution in [2.75, 3.05) is 6.61 Å². The Labute approximate surface area is 126 Å². The number of hydrogen-bond donors (Lipinski definition) is 3. The number of rotatable bonds is 6. The quantitative estimate of drug-likeness (QED) is 0.364. The van der Waals surface area contributed by atoms with E-state index in [4.69, 9.17) is 10.5 Å². The van der Waals surface area contributed by atoms with E-state index in [0.717, 1.165) is 12.8 Å². The topological polar surface area (TPSA) is 123 Å². The highest BCUT2D eigenvalue weighted by atomic mass is 16.5. The molecule has 1 aromatic carbocycles. The number of primary amides is 1. The van der Waals surface area contributed by atoms with Gasteiger partial charge in [-0.3, -0.25) is 14.4 Å². The Bertz CT molecular complexity index is 611. The molecule has 1 aromatic rings. The highest BCUT2D eigenvalue weighted by Crippen LogP contribution is 2.18. The van der Waals surface area contributed by atoms with Crippen LogP contribution in [0.3, 0.4) is 0 Å². The molecule has 8 heteroatoms. The Morgan fingerprint density at radius 1 is 1.32 bits per heavy atom. The molecule has 0 atom stereocenters. The molecule has 0 radical (unpaired) electrons. The lowest BCUT2D eigenvalue weighted by atomic mass is 10.2. The summed E-state index contributed by atoms with van der Waals surface area (Å²) in [7, 11) is 0. The van der Waals surface area contributed by atoms with Crippen LogP contribution in [0.5, 0.6) is 5.75 Å². The predicted molar refractivity (Wildman–Crippen MR) is 78.0 cm³/mol. The van der Waals surface area contributed by atoms with E-state index >= 15 is 0 Å². The summed E-state index contributed by atoms with van der Waals surface area (Å²) < 4.78 is 5.14. The lowest BCUT2D eigenvalue weighted by Crippen LogP contribution is -2.38. The summed E-state index contributed by atoms with van der Waals surface area (Å²) in [5.41, 5.74) is 7.75. The molecule has 0 heterocycles. The monoisotopic (exact) mass is 304 g/mol. The second kappa shape index (κ2) is 7.21. The number of ether oxygens (including phenoxy) is 1. The third kappa shape index (κ3) is 5.23. The van der Waals surface area contributed by atoms with Crippen molar-refractivity contribution >= 4 is 23.9 Å². The number of hydrogen-bond acceptors (Lipinski definition) is 5. The molecule has 0 aromatic heterocycles. The minimum atomic E-state index is -0.815. The smallest absolute Gasteiger partial charge is 0.329 e. The highest BCUT2D eigenvalue weighted by Gasteiger charge is 2.26. The summed E-state index contributed by atoms with van der Waals surface area (Å²) in [5.74, 6) is -1.64. The number of benzene rings is 1. The molecule has 116 valence electrons. The van der Waals surface area contributed by atoms with Gasteiger partial charge in [-0.1, -0.05) is 12.1 Å². The van der Waals surface area contributed by atoms with Gasteiger partial charge in [-0.2, -0.15) is 5.10 Å². The molecular weight excluding hydrogens is 288 g/mol. The third-order valence-corrected chi connectivity index (χ3v) is 2.74. The molecule has 1 saturated carbocycles. The number of carbonyl (C=O) groups excluding carboxylic acids is 3. The van der Waals surface area contributed by atoms with Crippen LogP contribution in [0.4, 0.5) is 0 Å². The molecule has 0 spiro atoms. The van der Waals surface area contributed by atoms with Gasteiger partial charge in [0, 0.05) is 6.04 Å². The van der Waals surface area contributed by atoms with Crippen LogP contribution in [-0.2, 0) is 14.4 Å². The van der Waals surface area contributed by atoms with Crippen molar-refractivity contribution in [3.63, 3.8) is 0 Å². The van der Waals surface area contributed by atoms with Crippen LogP contribution in [0.25, 0.3) is 0 Å². The minimum Gasteiger partial charge on any atom is -0.484 e. The second-order valence-electron chi connectivity index (χ2n) is 4.77. The van der Waals surface area contributed by atoms with Crippen LogP contribution in [0.2, 0.25) is 0 Å². The molecule has 22 heavy (non-hydrogen) atoms. The van der Waals surface area contributed by atoms with E-state index in [-0.39, 0.29) is 12.6 Å². The van der Waals surface area contributed by atoms with Gasteiger partial charge in [0.2, 0.25) is 0 Å². The maximum Gasteiger partial charge on any atom is 0.329 e. The van der Waals surface area contributed by atoms with Gasteiger partial charge in [0.15, 0.2) is 6.61 Å². The highest BCUT2D eigenvalue weighted by molar-refractivity contribution is 6.35. The van der Waals surface area contributed by atoms with Gasteiger partial charge in [-0.05, 0) is 30.5 Å². The first-order valence-electron chi connectivity index (χ1n) is 6.69. The zero-order chi connectivity index (χ0) is 15.9. The van der Waals surface area contributed by atoms with E-state index in [0.29, 0.717) is 11.3 Å². The Kier molecular flexibility index (Phi) is 5.07. The zero-order valence-corrected chi connectivity index (χ0v) is 11.7. The van der Waals surface area contributed by atoms with Crippen molar-refractivity contribution in [1.82, 2.24) is 10.7 Å². The van der Waals surface area contributed by atoms with Crippen molar-refractivity contribution in [3.8, 4) is 5.75 Å². The Hall–Kier alpha value is -2.90. The van der Waals surface area contributed by atoms with E-state index in [9.17, 15) is 14.4 Å². The molecule has 1 aliphatic rings. The molecule has 0 aliphatic heterocycles. The summed E-state index contributed by atoms with van der Waals surface area (Å²) in [5, 5.41) is 6.24. The SMILES string of the molecule is NC(=O)COc1cccc(/C=N\NC(=O)C(=O)NC2CC2)c1. The average molecular weight is 304 g/mol. The van der Waals surface area contributed by atoms with Crippen LogP contribution in [-0.4, -0.2) is 36.6 Å². The van der Waals surface area contributed by atoms with Gasteiger partial charge < -0.3 is 15.8 Å². The average Bonchev–Trinajstić information content (AvgIpc) is 3.29. The number of hydrazone groups is 1. The fraction of sp³-hybridized carbons (Fsp3) is 0.286. The second-order valence-corrected chi connectivity index (χ2v) is 4.77. The van der Waals surface area contributed by atoms with Gasteiger partial charge in [-0.25, -0.2) is 5.43 Å². The van der Waals surface area contributed by atoms with Gasteiger partial charge >= 0.3 is 11.8 Å². The predicted octanol–water partition coefficient (Wildman–Crippen LogP) is -0.721. The van der Waals surface area contributed by atoms with Gasteiger partial charge in [-0.15, -0.1) is 0 Å². The molecule has 3 amide bonds. The van der Waals surface area contributed by atoms with Gasteiger partial charge in [0.25, 0.3) is 5.91 Å². The van der Waals surface area contributed by atoms with Crippen molar-refractivity contribution in [2.45, 2.75) is 18.9 Å². The maximum absolute atomic E-state index is 11.4. The summed E-state index contributed by atoms with van der Waals surface area (Å²) in [6.45, 7) is -0.224. The maximum atomic E-state index is 11.4. The molecule has 0 unspecified atom stereocenters. The molecule has 2 rings (SSSR count). The van der Waals surface area contributed by atoms with Crippen molar-refractivity contribution in [2.24, 2.45) is 10.8 Å². The van der Waals surface area contributed by atoms with E-state index in [1.54, 1.807) is 24.3 Å². The number of amides is 3. The normalized spacial score (nSPS) is 13.6. The lowest BCUT2D eigenvalue weighted by molar-refractivity contribution is -0.139. The fourth-order valence-electron chi connectivity index (χ4n) is 1.53. The molecule has 1 aliphatic carbocycles. The first-order valence-corrected chi connectivity index (χ1v) is 6.69. The van der Waals surface area contributed by atoms with Crippen LogP contribution in [0.15, 0.2) is 29.4 Å². The molecule has 0 saturated heterocycles. The molecule has 4 N–H and O–H groups in total. The number of nitrogens with two attached hydrogens (primary N) is 1. The standard InChI is InChI=1S/C14H16N4O4/c15-12(19)8-22-11-3-1-2-9(6-11)7-16-18-14(21)13(20)17-10-4-5-10/h1-3,6-7,10H,4-5,8H2,(H2,15,19)(H,17,20)(H,18,21)/b16-7-. The number of nitrogens with one attached hydrogen (secondary N) is 2. The van der Waals surface area contributed by atoms with Crippen LogP contribution >= 0.6 is 0 Å². The summed E-state index contributed by atoms with van der Waals surface area (Å²) in [4.78, 5) is 33.4. The van der Waals surface area contributed by atoms with E-state index in [2.05, 4.69) is 15.8 Å². The fourth-order valence-corrected chi connectivity index (χ4v) is 1.53. The Balaban J connectivity index is 1.83. The summed E-state index contributed by atoms with van der Waals surface area (Å²) in [6.07, 6.45) is 3.17. The van der Waals surface area contributed by atoms with Crippen LogP contribution in [0, 0.1) is 0 Å². The molecule has 8 nitrogen and oxygen atoms in total. The Morgan fingerprint density at radius 3 is 2.77 bits per heavy atom. The van der Waals surface area contributed by atoms with Gasteiger partial charge in [0.1, 0.15) is 5.75 Å². The molecule has 1 fully saturated rings. The van der Waals surface area contributed by atoms with E-state index < -0.39 is 17.7 Å². The first-order chi connectivity index (χ1) is 10.5. The van der Waals surface area contributed by atoms with E-state index in [1.165, 1.54) is 6.21 Å². The molecular formula is C14H16N4O4. The van der Waals surface area contributed by atoms with E-state index in [1.807, 2.05) is 0 Å².